The largest absolute Gasteiger partial charge is 0.462 e. The maximum atomic E-state index is 13.5. The number of methoxy groups -OCH3 is 2. The lowest BCUT2D eigenvalue weighted by atomic mass is 9.82. The van der Waals surface area contributed by atoms with Gasteiger partial charge in [0.1, 0.15) is 61.6 Å². The molecule has 2 aromatic rings. The fraction of sp³-hybridized carbons (Fsp3) is 0.527. The fourth-order valence-corrected chi connectivity index (χ4v) is 8.91. The van der Waals surface area contributed by atoms with E-state index < -0.39 is 89.2 Å². The van der Waals surface area contributed by atoms with E-state index in [1.807, 2.05) is 0 Å². The molecule has 0 radical (unpaired) electrons. The first-order valence-electron chi connectivity index (χ1n) is 25.4. The number of Topliss-reactive ketones (excluding diaryl/α,β-unsaturated/α-hetero) is 1. The van der Waals surface area contributed by atoms with Gasteiger partial charge in [-0.15, -0.1) is 0 Å². The Morgan fingerprint density at radius 2 is 0.763 bits per heavy atom. The molecule has 21 nitrogen and oxygen atoms in total. The van der Waals surface area contributed by atoms with Gasteiger partial charge in [0.15, 0.2) is 5.78 Å². The van der Waals surface area contributed by atoms with Crippen LogP contribution in [-0.2, 0) is 71.5 Å². The fourth-order valence-electron chi connectivity index (χ4n) is 8.91. The van der Waals surface area contributed by atoms with Crippen molar-refractivity contribution in [2.45, 2.75) is 89.9 Å². The Balaban J connectivity index is 1.13. The summed E-state index contributed by atoms with van der Waals surface area (Å²) in [6, 6.07) is 8.11. The van der Waals surface area contributed by atoms with Gasteiger partial charge in [0, 0.05) is 39.4 Å². The zero-order chi connectivity index (χ0) is 55.0. The molecule has 0 aromatic heterocycles. The SMILES string of the molecule is C=CC(=O)OCCOC(=O)C1CCC(C(=O)Oc2ccc(OC(=O)C3CCC(C(=O)Oc4ccc(OC(=O)C5CCC(C(=O)OCCOC(=O)C=C)CC5)c(C(=O)OCCOC)c4)CC3)cc2C(=O)CCCOC)CC1. The van der Waals surface area contributed by atoms with Gasteiger partial charge < -0.3 is 52.1 Å². The van der Waals surface area contributed by atoms with Crippen molar-refractivity contribution in [3.63, 3.8) is 0 Å². The van der Waals surface area contributed by atoms with Crippen LogP contribution in [0.3, 0.4) is 0 Å². The number of carbonyl (C=O) groups is 10. The highest BCUT2D eigenvalue weighted by molar-refractivity contribution is 6.00. The number of esters is 9. The van der Waals surface area contributed by atoms with Crippen LogP contribution in [0.15, 0.2) is 61.7 Å². The Morgan fingerprint density at radius 1 is 0.421 bits per heavy atom. The maximum Gasteiger partial charge on any atom is 0.342 e. The van der Waals surface area contributed by atoms with Crippen LogP contribution < -0.4 is 18.9 Å². The Labute approximate surface area is 440 Å². The highest BCUT2D eigenvalue weighted by Gasteiger charge is 2.36. The average molecular weight is 1060 g/mol. The van der Waals surface area contributed by atoms with E-state index in [4.69, 9.17) is 52.1 Å². The number of rotatable bonds is 27. The molecule has 3 saturated carbocycles. The zero-order valence-electron chi connectivity index (χ0n) is 42.9. The van der Waals surface area contributed by atoms with Crippen molar-refractivity contribution in [3.8, 4) is 23.0 Å². The summed E-state index contributed by atoms with van der Waals surface area (Å²) in [5, 5.41) is 0. The van der Waals surface area contributed by atoms with Gasteiger partial charge in [-0.25, -0.2) is 14.4 Å². The maximum absolute atomic E-state index is 13.5. The third-order valence-electron chi connectivity index (χ3n) is 13.2. The first kappa shape index (κ1) is 59.6. The lowest BCUT2D eigenvalue weighted by Gasteiger charge is -2.26. The van der Waals surface area contributed by atoms with Crippen molar-refractivity contribution in [2.75, 3.05) is 60.5 Å². The van der Waals surface area contributed by atoms with E-state index in [1.54, 1.807) is 0 Å². The van der Waals surface area contributed by atoms with Crippen molar-refractivity contribution >= 4 is 59.5 Å². The molecule has 0 bridgehead atoms. The van der Waals surface area contributed by atoms with Crippen LogP contribution in [0.5, 0.6) is 23.0 Å². The van der Waals surface area contributed by atoms with Gasteiger partial charge in [-0.2, -0.15) is 0 Å². The molecule has 76 heavy (non-hydrogen) atoms. The Bertz CT molecular complexity index is 2240. The second kappa shape index (κ2) is 30.9. The Morgan fingerprint density at radius 3 is 1.16 bits per heavy atom. The van der Waals surface area contributed by atoms with Crippen LogP contribution in [0, 0.1) is 35.5 Å². The number of ether oxygens (including phenoxy) is 11. The summed E-state index contributed by atoms with van der Waals surface area (Å²) >= 11 is 0. The molecule has 3 fully saturated rings. The molecule has 0 saturated heterocycles. The van der Waals surface area contributed by atoms with Gasteiger partial charge in [0.05, 0.1) is 47.7 Å². The molecule has 412 valence electrons. The van der Waals surface area contributed by atoms with Crippen LogP contribution in [0.4, 0.5) is 0 Å². The smallest absolute Gasteiger partial charge is 0.342 e. The highest BCUT2D eigenvalue weighted by atomic mass is 16.6. The minimum absolute atomic E-state index is 0.00653. The molecule has 0 N–H and O–H groups in total. The molecule has 2 aromatic carbocycles. The summed E-state index contributed by atoms with van der Waals surface area (Å²) in [4.78, 5) is 128. The van der Waals surface area contributed by atoms with Gasteiger partial charge in [-0.05, 0) is 120 Å². The van der Waals surface area contributed by atoms with Gasteiger partial charge >= 0.3 is 53.7 Å². The molecule has 0 unspecified atom stereocenters. The van der Waals surface area contributed by atoms with E-state index in [9.17, 15) is 47.9 Å². The van der Waals surface area contributed by atoms with Crippen molar-refractivity contribution in [1.82, 2.24) is 0 Å². The monoisotopic (exact) mass is 1060 g/mol. The molecular weight excluding hydrogens is 997 g/mol. The Hall–Kier alpha value is -7.26. The lowest BCUT2D eigenvalue weighted by molar-refractivity contribution is -0.155. The van der Waals surface area contributed by atoms with Crippen molar-refractivity contribution < 1.29 is 100 Å². The third kappa shape index (κ3) is 18.5. The topological polar surface area (TPSA) is 272 Å². The second-order valence-corrected chi connectivity index (χ2v) is 18.4. The van der Waals surface area contributed by atoms with Gasteiger partial charge in [-0.1, -0.05) is 13.2 Å². The summed E-state index contributed by atoms with van der Waals surface area (Å²) in [6.45, 7) is 6.44. The molecule has 0 atom stereocenters. The van der Waals surface area contributed by atoms with Gasteiger partial charge in [0.2, 0.25) is 0 Å². The Kier molecular flexibility index (Phi) is 24.3. The van der Waals surface area contributed by atoms with E-state index in [-0.39, 0.29) is 112 Å². The van der Waals surface area contributed by atoms with Crippen molar-refractivity contribution in [3.05, 3.63) is 72.8 Å². The first-order chi connectivity index (χ1) is 36.6. The highest BCUT2D eigenvalue weighted by Crippen LogP contribution is 2.36. The summed E-state index contributed by atoms with van der Waals surface area (Å²) < 4.78 is 58.4. The predicted molar refractivity (Wildman–Crippen MR) is 264 cm³/mol. The van der Waals surface area contributed by atoms with Crippen LogP contribution in [-0.4, -0.2) is 120 Å². The van der Waals surface area contributed by atoms with E-state index in [0.29, 0.717) is 64.4 Å². The summed E-state index contributed by atoms with van der Waals surface area (Å²) in [5.74, 6) is -9.15. The van der Waals surface area contributed by atoms with Crippen molar-refractivity contribution in [1.29, 1.82) is 0 Å². The second-order valence-electron chi connectivity index (χ2n) is 18.4. The average Bonchev–Trinajstić information content (AvgIpc) is 3.43. The minimum atomic E-state index is -0.861. The molecule has 21 heteroatoms. The number of hydrogen-bond donors (Lipinski definition) is 0. The summed E-state index contributed by atoms with van der Waals surface area (Å²) in [7, 11) is 2.93. The molecule has 5 rings (SSSR count). The standard InChI is InChI=1S/C55H66O21/c1-5-47(57)68-28-30-70-49(59)34-9-13-38(14-10-34)53(63)75-45-23-21-40(32-42(45)44(56)8-7-25-66-3)73-51(61)36-17-19-37(20-18-36)52(62)74-41-22-24-46(43(33-41)55(65)72-27-26-67-4)76-54(64)39-15-11-35(12-16-39)50(60)71-31-29-69-48(58)6-2/h5-6,21-24,32-39H,1-2,7-20,25-31H2,3-4H3. The zero-order valence-corrected chi connectivity index (χ0v) is 42.9. The number of carbonyl (C=O) groups excluding carboxylic acids is 10. The van der Waals surface area contributed by atoms with E-state index in [2.05, 4.69) is 13.2 Å². The summed E-state index contributed by atoms with van der Waals surface area (Å²) in [5.41, 5.74) is -0.138. The normalized spacial score (nSPS) is 20.0. The van der Waals surface area contributed by atoms with Crippen LogP contribution >= 0.6 is 0 Å². The number of hydrogen-bond acceptors (Lipinski definition) is 21. The van der Waals surface area contributed by atoms with Crippen LogP contribution in [0.2, 0.25) is 0 Å². The number of ketones is 1. The van der Waals surface area contributed by atoms with E-state index in [0.717, 1.165) is 12.2 Å². The molecule has 0 aliphatic heterocycles. The quantitative estimate of drug-likeness (QED) is 0.0234. The van der Waals surface area contributed by atoms with Crippen LogP contribution in [0.1, 0.15) is 111 Å². The molecule has 0 amide bonds. The molecular formula is C55H66O21. The number of benzene rings is 2. The molecule has 0 heterocycles. The minimum Gasteiger partial charge on any atom is -0.462 e. The van der Waals surface area contributed by atoms with Crippen LogP contribution in [0.25, 0.3) is 0 Å². The molecule has 0 spiro atoms. The third-order valence-corrected chi connectivity index (χ3v) is 13.2. The lowest BCUT2D eigenvalue weighted by Crippen LogP contribution is -2.31. The van der Waals surface area contributed by atoms with Gasteiger partial charge in [-0.3, -0.25) is 33.6 Å². The van der Waals surface area contributed by atoms with Gasteiger partial charge in [0.25, 0.3) is 0 Å². The van der Waals surface area contributed by atoms with E-state index >= 15 is 0 Å². The van der Waals surface area contributed by atoms with E-state index in [1.165, 1.54) is 50.6 Å². The van der Waals surface area contributed by atoms with Crippen molar-refractivity contribution in [2.24, 2.45) is 35.5 Å². The molecule has 3 aliphatic carbocycles. The molecule has 3 aliphatic rings. The summed E-state index contributed by atoms with van der Waals surface area (Å²) in [6.07, 6.45) is 6.23. The predicted octanol–water partition coefficient (Wildman–Crippen LogP) is 6.38. The first-order valence-corrected chi connectivity index (χ1v) is 25.4.